The molecular weight excluding hydrogens is 402 g/mol. The molecule has 2 heterocycles. The third-order valence-electron chi connectivity index (χ3n) is 4.53. The van der Waals surface area contributed by atoms with E-state index >= 15 is 0 Å². The summed E-state index contributed by atoms with van der Waals surface area (Å²) < 4.78 is 82.0. The maximum Gasteiger partial charge on any atom is 0.272 e. The van der Waals surface area contributed by atoms with E-state index in [0.717, 1.165) is 6.07 Å². The van der Waals surface area contributed by atoms with Gasteiger partial charge in [-0.2, -0.15) is 0 Å². The van der Waals surface area contributed by atoms with Gasteiger partial charge in [0.2, 0.25) is 10.0 Å². The summed E-state index contributed by atoms with van der Waals surface area (Å²) >= 11 is 0. The summed E-state index contributed by atoms with van der Waals surface area (Å²) in [5.41, 5.74) is -1.87. The normalized spacial score (nSPS) is 18.6. The second-order valence-corrected chi connectivity index (χ2v) is 8.25. The monoisotopic (exact) mass is 419 g/mol. The van der Waals surface area contributed by atoms with Crippen LogP contribution < -0.4 is 10.0 Å². The Hall–Kier alpha value is -2.40. The Balaban J connectivity index is 2.02. The van der Waals surface area contributed by atoms with Gasteiger partial charge in [0.1, 0.15) is 16.4 Å². The van der Waals surface area contributed by atoms with Gasteiger partial charge in [-0.1, -0.05) is 0 Å². The van der Waals surface area contributed by atoms with Gasteiger partial charge >= 0.3 is 0 Å². The molecule has 0 saturated heterocycles. The fraction of sp³-hybridized carbons (Fsp3) is 0.353. The van der Waals surface area contributed by atoms with Gasteiger partial charge in [0.05, 0.1) is 11.3 Å². The van der Waals surface area contributed by atoms with Crippen LogP contribution in [-0.4, -0.2) is 24.9 Å². The molecule has 152 valence electrons. The number of aromatic nitrogens is 1. The van der Waals surface area contributed by atoms with Gasteiger partial charge in [-0.15, -0.1) is 0 Å². The van der Waals surface area contributed by atoms with Gasteiger partial charge in [0, 0.05) is 24.8 Å². The average molecular weight is 419 g/mol. The minimum Gasteiger partial charge on any atom is -0.345 e. The Morgan fingerprint density at radius 1 is 1.32 bits per heavy atom. The molecule has 0 unspecified atom stereocenters. The number of aryl methyl sites for hydroxylation is 1. The van der Waals surface area contributed by atoms with Crippen LogP contribution in [0, 0.1) is 11.6 Å². The first-order valence-electron chi connectivity index (χ1n) is 8.30. The molecule has 1 aliphatic rings. The molecule has 1 aromatic carbocycles. The number of carbonyl (C=O) groups excluding carboxylic acids is 1. The molecule has 1 aliphatic heterocycles. The van der Waals surface area contributed by atoms with Crippen molar-refractivity contribution in [3.05, 3.63) is 46.8 Å². The molecule has 2 N–H and O–H groups in total. The Morgan fingerprint density at radius 2 is 2.00 bits per heavy atom. The Kier molecular flexibility index (Phi) is 5.24. The number of nitrogens with zero attached hydrogens (tertiary/aromatic N) is 1. The highest BCUT2D eigenvalue weighted by molar-refractivity contribution is 7.89. The highest BCUT2D eigenvalue weighted by Crippen LogP contribution is 2.31. The fourth-order valence-corrected chi connectivity index (χ4v) is 4.81. The Morgan fingerprint density at radius 3 is 2.64 bits per heavy atom. The number of anilines is 1. The van der Waals surface area contributed by atoms with E-state index < -0.39 is 45.2 Å². The topological polar surface area (TPSA) is 80.2 Å². The second kappa shape index (κ2) is 7.21. The van der Waals surface area contributed by atoms with Crippen LogP contribution in [0.3, 0.4) is 0 Å². The molecule has 0 saturated carbocycles. The number of sulfonamides is 1. The zero-order valence-electron chi connectivity index (χ0n) is 14.9. The van der Waals surface area contributed by atoms with E-state index in [9.17, 15) is 30.8 Å². The molecule has 0 spiro atoms. The number of hydrogen-bond donors (Lipinski definition) is 2. The van der Waals surface area contributed by atoms with Crippen molar-refractivity contribution in [1.82, 2.24) is 9.29 Å². The van der Waals surface area contributed by atoms with E-state index in [4.69, 9.17) is 0 Å². The molecule has 0 radical (unpaired) electrons. The molecule has 11 heteroatoms. The van der Waals surface area contributed by atoms with Crippen molar-refractivity contribution in [1.29, 1.82) is 0 Å². The van der Waals surface area contributed by atoms with Crippen molar-refractivity contribution >= 4 is 21.6 Å². The number of nitrogens with one attached hydrogen (secondary N) is 2. The van der Waals surface area contributed by atoms with Gasteiger partial charge < -0.3 is 9.88 Å². The summed E-state index contributed by atoms with van der Waals surface area (Å²) in [5.74, 6) is -3.89. The zero-order valence-corrected chi connectivity index (χ0v) is 15.7. The Labute approximate surface area is 158 Å². The zero-order chi connectivity index (χ0) is 20.8. The van der Waals surface area contributed by atoms with E-state index in [-0.39, 0.29) is 28.6 Å². The van der Waals surface area contributed by atoms with Crippen molar-refractivity contribution in [2.45, 2.75) is 37.1 Å². The summed E-state index contributed by atoms with van der Waals surface area (Å²) in [4.78, 5) is 12.6. The molecule has 0 fully saturated rings. The average Bonchev–Trinajstić information content (AvgIpc) is 2.87. The third kappa shape index (κ3) is 3.51. The minimum atomic E-state index is -3.84. The number of benzene rings is 1. The molecule has 1 atom stereocenters. The highest BCUT2D eigenvalue weighted by atomic mass is 32.2. The van der Waals surface area contributed by atoms with E-state index in [0.29, 0.717) is 12.5 Å². The quantitative estimate of drug-likeness (QED) is 0.751. The highest BCUT2D eigenvalue weighted by Gasteiger charge is 2.32. The lowest BCUT2D eigenvalue weighted by Crippen LogP contribution is -2.30. The van der Waals surface area contributed by atoms with Gasteiger partial charge in [0.25, 0.3) is 12.3 Å². The molecule has 2 aromatic rings. The summed E-state index contributed by atoms with van der Waals surface area (Å²) in [5, 5.41) is 2.14. The number of rotatable bonds is 3. The van der Waals surface area contributed by atoms with Gasteiger partial charge in [-0.05, 0) is 31.9 Å². The largest absolute Gasteiger partial charge is 0.345 e. The lowest BCUT2D eigenvalue weighted by molar-refractivity contribution is 0.101. The van der Waals surface area contributed by atoms with Crippen molar-refractivity contribution in [2.75, 3.05) is 5.32 Å². The first kappa shape index (κ1) is 20.3. The van der Waals surface area contributed by atoms with Crippen molar-refractivity contribution in [2.24, 2.45) is 7.05 Å². The van der Waals surface area contributed by atoms with Crippen LogP contribution in [-0.2, 0) is 23.5 Å². The SMILES string of the molecule is C[C@H]1CCc2c(cn(C)c2C(=O)Nc2ccc(F)c(C(F)F)c2F)S(=O)(=O)N1. The number of halogens is 4. The summed E-state index contributed by atoms with van der Waals surface area (Å²) in [7, 11) is -2.40. The van der Waals surface area contributed by atoms with Crippen LogP contribution in [0.25, 0.3) is 0 Å². The second-order valence-electron chi connectivity index (χ2n) is 6.57. The Bertz CT molecular complexity index is 1050. The van der Waals surface area contributed by atoms with E-state index in [2.05, 4.69) is 10.0 Å². The maximum absolute atomic E-state index is 14.2. The lowest BCUT2D eigenvalue weighted by Gasteiger charge is -2.12. The molecule has 6 nitrogen and oxygen atoms in total. The molecule has 0 aliphatic carbocycles. The number of amides is 1. The lowest BCUT2D eigenvalue weighted by atomic mass is 10.1. The van der Waals surface area contributed by atoms with Crippen LogP contribution in [0.4, 0.5) is 23.2 Å². The first-order chi connectivity index (χ1) is 13.0. The molecule has 3 rings (SSSR count). The minimum absolute atomic E-state index is 0.0446. The fourth-order valence-electron chi connectivity index (χ4n) is 3.21. The summed E-state index contributed by atoms with van der Waals surface area (Å²) in [6, 6.07) is 1.11. The predicted octanol–water partition coefficient (Wildman–Crippen LogP) is 3.11. The predicted molar refractivity (Wildman–Crippen MR) is 92.8 cm³/mol. The van der Waals surface area contributed by atoms with Crippen molar-refractivity contribution < 1.29 is 30.8 Å². The molecule has 28 heavy (non-hydrogen) atoms. The van der Waals surface area contributed by atoms with E-state index in [1.165, 1.54) is 17.8 Å². The van der Waals surface area contributed by atoms with Gasteiger partial charge in [-0.3, -0.25) is 4.79 Å². The number of alkyl halides is 2. The van der Waals surface area contributed by atoms with Crippen molar-refractivity contribution in [3.8, 4) is 0 Å². The number of fused-ring (bicyclic) bond motifs is 1. The van der Waals surface area contributed by atoms with Crippen LogP contribution in [0.1, 0.15) is 41.4 Å². The van der Waals surface area contributed by atoms with Crippen LogP contribution in [0.2, 0.25) is 0 Å². The van der Waals surface area contributed by atoms with Crippen LogP contribution in [0.5, 0.6) is 0 Å². The van der Waals surface area contributed by atoms with E-state index in [1.807, 2.05) is 0 Å². The number of carbonyl (C=O) groups is 1. The molecule has 1 amide bonds. The first-order valence-corrected chi connectivity index (χ1v) is 9.79. The number of hydrogen-bond acceptors (Lipinski definition) is 3. The molecule has 1 aromatic heterocycles. The van der Waals surface area contributed by atoms with E-state index in [1.54, 1.807) is 6.92 Å². The molecular formula is C17H17F4N3O3S. The molecule has 0 bridgehead atoms. The smallest absolute Gasteiger partial charge is 0.272 e. The van der Waals surface area contributed by atoms with Crippen LogP contribution >= 0.6 is 0 Å². The summed E-state index contributed by atoms with van der Waals surface area (Å²) in [6.07, 6.45) is -1.45. The van der Waals surface area contributed by atoms with Gasteiger partial charge in [0.15, 0.2) is 5.82 Å². The van der Waals surface area contributed by atoms with Gasteiger partial charge in [-0.25, -0.2) is 30.7 Å². The third-order valence-corrected chi connectivity index (χ3v) is 6.17. The van der Waals surface area contributed by atoms with Crippen LogP contribution in [0.15, 0.2) is 23.2 Å². The summed E-state index contributed by atoms with van der Waals surface area (Å²) in [6.45, 7) is 1.68. The standard InChI is InChI=1S/C17H17F4N3O3S/c1-8-3-4-9-12(28(26,27)23-8)7-24(2)15(9)17(25)22-11-6-5-10(18)13(14(11)19)16(20)21/h5-8,16,23H,3-4H2,1-2H3,(H,22,25)/t8-/m0/s1. The van der Waals surface area contributed by atoms with Crippen molar-refractivity contribution in [3.63, 3.8) is 0 Å². The maximum atomic E-state index is 14.2.